The molecule has 0 radical (unpaired) electrons. The van der Waals surface area contributed by atoms with E-state index in [-0.39, 0.29) is 11.6 Å². The second kappa shape index (κ2) is 5.11. The maximum Gasteiger partial charge on any atom is 0.192 e. The molecule has 1 unspecified atom stereocenters. The molecular formula is C15H23N3O. The molecule has 1 aromatic rings. The molecule has 1 aliphatic rings. The fourth-order valence-corrected chi connectivity index (χ4v) is 2.58. The normalized spacial score (nSPS) is 22.8. The van der Waals surface area contributed by atoms with E-state index >= 15 is 0 Å². The van der Waals surface area contributed by atoms with Crippen LogP contribution in [0, 0.1) is 0 Å². The average molecular weight is 261 g/mol. The van der Waals surface area contributed by atoms with Crippen molar-refractivity contribution in [3.05, 3.63) is 29.8 Å². The monoisotopic (exact) mass is 261 g/mol. The van der Waals surface area contributed by atoms with Crippen LogP contribution in [0.1, 0.15) is 33.3 Å². The van der Waals surface area contributed by atoms with Crippen LogP contribution < -0.4 is 10.5 Å². The van der Waals surface area contributed by atoms with Crippen LogP contribution in [0.2, 0.25) is 0 Å². The van der Waals surface area contributed by atoms with E-state index in [1.54, 1.807) is 0 Å². The van der Waals surface area contributed by atoms with Crippen LogP contribution in [0.3, 0.4) is 0 Å². The second-order valence-corrected chi connectivity index (χ2v) is 5.38. The van der Waals surface area contributed by atoms with Gasteiger partial charge in [-0.1, -0.05) is 12.1 Å². The highest BCUT2D eigenvalue weighted by Gasteiger charge is 2.38. The first-order valence-corrected chi connectivity index (χ1v) is 6.82. The van der Waals surface area contributed by atoms with Gasteiger partial charge in [0.05, 0.1) is 18.2 Å². The standard InChI is InChI=1S/C15H23N3O/c1-5-18-14(16)17-10-15(18,4)12-6-8-13(9-7-12)19-11(2)3/h6-9,11H,5,10H2,1-4H3,(H2,16,17). The van der Waals surface area contributed by atoms with Crippen LogP contribution in [0.15, 0.2) is 29.3 Å². The molecule has 0 spiro atoms. The Balaban J connectivity index is 2.22. The summed E-state index contributed by atoms with van der Waals surface area (Å²) in [6.45, 7) is 9.90. The number of hydrogen-bond donors (Lipinski definition) is 1. The molecule has 2 N–H and O–H groups in total. The summed E-state index contributed by atoms with van der Waals surface area (Å²) in [6, 6.07) is 8.24. The number of ether oxygens (including phenoxy) is 1. The van der Waals surface area contributed by atoms with Crippen molar-refractivity contribution in [2.24, 2.45) is 10.7 Å². The molecule has 1 aliphatic heterocycles. The van der Waals surface area contributed by atoms with Gasteiger partial charge in [-0.15, -0.1) is 0 Å². The number of nitrogens with two attached hydrogens (primary N) is 1. The molecule has 0 amide bonds. The molecule has 104 valence electrons. The molecule has 1 aromatic carbocycles. The van der Waals surface area contributed by atoms with Gasteiger partial charge < -0.3 is 15.4 Å². The third-order valence-corrected chi connectivity index (χ3v) is 3.59. The van der Waals surface area contributed by atoms with Gasteiger partial charge >= 0.3 is 0 Å². The molecule has 0 aliphatic carbocycles. The highest BCUT2D eigenvalue weighted by atomic mass is 16.5. The molecule has 4 nitrogen and oxygen atoms in total. The number of benzene rings is 1. The first-order chi connectivity index (χ1) is 8.97. The fraction of sp³-hybridized carbons (Fsp3) is 0.533. The van der Waals surface area contributed by atoms with Crippen molar-refractivity contribution in [2.75, 3.05) is 13.1 Å². The van der Waals surface area contributed by atoms with Crippen molar-refractivity contribution < 1.29 is 4.74 Å². The number of likely N-dealkylation sites (N-methyl/N-ethyl adjacent to an activating group) is 1. The van der Waals surface area contributed by atoms with E-state index in [4.69, 9.17) is 10.5 Å². The van der Waals surface area contributed by atoms with Gasteiger partial charge in [-0.2, -0.15) is 0 Å². The number of guanidine groups is 1. The summed E-state index contributed by atoms with van der Waals surface area (Å²) < 4.78 is 5.67. The van der Waals surface area contributed by atoms with Gasteiger partial charge in [-0.25, -0.2) is 0 Å². The maximum absolute atomic E-state index is 5.95. The number of nitrogens with zero attached hydrogens (tertiary/aromatic N) is 2. The molecule has 4 heteroatoms. The lowest BCUT2D eigenvalue weighted by atomic mass is 9.91. The molecule has 0 saturated heterocycles. The largest absolute Gasteiger partial charge is 0.491 e. The predicted molar refractivity (Wildman–Crippen MR) is 78.4 cm³/mol. The van der Waals surface area contributed by atoms with E-state index in [9.17, 15) is 0 Å². The van der Waals surface area contributed by atoms with Crippen LogP contribution in [0.25, 0.3) is 0 Å². The first kappa shape index (κ1) is 13.7. The molecule has 19 heavy (non-hydrogen) atoms. The lowest BCUT2D eigenvalue weighted by Gasteiger charge is -2.36. The molecule has 1 atom stereocenters. The maximum atomic E-state index is 5.95. The van der Waals surface area contributed by atoms with E-state index in [2.05, 4.69) is 35.9 Å². The summed E-state index contributed by atoms with van der Waals surface area (Å²) in [5.74, 6) is 1.53. The SMILES string of the molecule is CCN1C(N)=NCC1(C)c1ccc(OC(C)C)cc1. The lowest BCUT2D eigenvalue weighted by molar-refractivity contribution is 0.232. The predicted octanol–water partition coefficient (Wildman–Crippen LogP) is 2.34. The van der Waals surface area contributed by atoms with Crippen LogP contribution in [0.5, 0.6) is 5.75 Å². The Bertz CT molecular complexity index is 467. The summed E-state index contributed by atoms with van der Waals surface area (Å²) in [5, 5.41) is 0. The second-order valence-electron chi connectivity index (χ2n) is 5.38. The smallest absolute Gasteiger partial charge is 0.192 e. The van der Waals surface area contributed by atoms with Crippen molar-refractivity contribution in [3.63, 3.8) is 0 Å². The summed E-state index contributed by atoms with van der Waals surface area (Å²) in [5.41, 5.74) is 7.02. The van der Waals surface area contributed by atoms with Gasteiger partial charge in [-0.3, -0.25) is 4.99 Å². The van der Waals surface area contributed by atoms with Gasteiger partial charge in [0, 0.05) is 6.54 Å². The Labute approximate surface area is 115 Å². The fourth-order valence-electron chi connectivity index (χ4n) is 2.58. The Kier molecular flexibility index (Phi) is 3.69. The van der Waals surface area contributed by atoms with Gasteiger partial charge in [0.25, 0.3) is 0 Å². The van der Waals surface area contributed by atoms with E-state index < -0.39 is 0 Å². The molecular weight excluding hydrogens is 238 g/mol. The summed E-state index contributed by atoms with van der Waals surface area (Å²) >= 11 is 0. The molecule has 0 saturated carbocycles. The average Bonchev–Trinajstić information content (AvgIpc) is 2.66. The minimum atomic E-state index is -0.144. The van der Waals surface area contributed by atoms with E-state index in [1.807, 2.05) is 26.0 Å². The zero-order chi connectivity index (χ0) is 14.0. The van der Waals surface area contributed by atoms with Crippen LogP contribution in [-0.4, -0.2) is 30.1 Å². The molecule has 0 aromatic heterocycles. The third-order valence-electron chi connectivity index (χ3n) is 3.59. The zero-order valence-electron chi connectivity index (χ0n) is 12.2. The van der Waals surface area contributed by atoms with Crippen LogP contribution >= 0.6 is 0 Å². The first-order valence-electron chi connectivity index (χ1n) is 6.82. The molecule has 0 bridgehead atoms. The topological polar surface area (TPSA) is 50.8 Å². The number of rotatable bonds is 4. The molecule has 1 heterocycles. The number of hydrogen-bond acceptors (Lipinski definition) is 4. The van der Waals surface area contributed by atoms with Crippen molar-refractivity contribution in [1.29, 1.82) is 0 Å². The number of aliphatic imine (C=N–C) groups is 1. The van der Waals surface area contributed by atoms with Crippen molar-refractivity contribution in [2.45, 2.75) is 39.3 Å². The Hall–Kier alpha value is -1.71. The minimum absolute atomic E-state index is 0.144. The van der Waals surface area contributed by atoms with Crippen LogP contribution in [-0.2, 0) is 5.54 Å². The van der Waals surface area contributed by atoms with Gasteiger partial charge in [-0.05, 0) is 45.4 Å². The third kappa shape index (κ3) is 2.53. The molecule has 0 fully saturated rings. The van der Waals surface area contributed by atoms with Crippen LogP contribution in [0.4, 0.5) is 0 Å². The zero-order valence-corrected chi connectivity index (χ0v) is 12.2. The van der Waals surface area contributed by atoms with Gasteiger partial charge in [0.2, 0.25) is 0 Å². The van der Waals surface area contributed by atoms with E-state index in [0.29, 0.717) is 12.5 Å². The lowest BCUT2D eigenvalue weighted by Crippen LogP contribution is -2.47. The Morgan fingerprint density at radius 1 is 1.37 bits per heavy atom. The van der Waals surface area contributed by atoms with E-state index in [1.165, 1.54) is 5.56 Å². The highest BCUT2D eigenvalue weighted by molar-refractivity contribution is 5.81. The van der Waals surface area contributed by atoms with E-state index in [0.717, 1.165) is 12.3 Å². The quantitative estimate of drug-likeness (QED) is 0.905. The van der Waals surface area contributed by atoms with Crippen molar-refractivity contribution in [1.82, 2.24) is 4.90 Å². The van der Waals surface area contributed by atoms with Crippen molar-refractivity contribution in [3.8, 4) is 5.75 Å². The van der Waals surface area contributed by atoms with Gasteiger partial charge in [0.1, 0.15) is 5.75 Å². The molecule has 2 rings (SSSR count). The Morgan fingerprint density at radius 3 is 2.53 bits per heavy atom. The summed E-state index contributed by atoms with van der Waals surface area (Å²) in [6.07, 6.45) is 0.194. The van der Waals surface area contributed by atoms with Crippen molar-refractivity contribution >= 4 is 5.96 Å². The highest BCUT2D eigenvalue weighted by Crippen LogP contribution is 2.33. The summed E-state index contributed by atoms with van der Waals surface area (Å²) in [7, 11) is 0. The summed E-state index contributed by atoms with van der Waals surface area (Å²) in [4.78, 5) is 6.52. The Morgan fingerprint density at radius 2 is 2.00 bits per heavy atom. The van der Waals surface area contributed by atoms with Gasteiger partial charge in [0.15, 0.2) is 5.96 Å². The minimum Gasteiger partial charge on any atom is -0.491 e.